The van der Waals surface area contributed by atoms with Gasteiger partial charge < -0.3 is 21.6 Å². The first-order valence-electron chi connectivity index (χ1n) is 3.82. The number of carboxylic acid groups (broad SMARTS) is 1. The Morgan fingerprint density at radius 1 is 1.58 bits per heavy atom. The molecule has 1 atom stereocenters. The molecule has 1 unspecified atom stereocenters. The van der Waals surface area contributed by atoms with Crippen LogP contribution in [0.3, 0.4) is 0 Å². The zero-order chi connectivity index (χ0) is 8.69. The molecule has 0 rings (SSSR count). The Balaban J connectivity index is 0. The van der Waals surface area contributed by atoms with Crippen molar-refractivity contribution in [3.63, 3.8) is 0 Å². The zero-order valence-corrected chi connectivity index (χ0v) is 7.34. The van der Waals surface area contributed by atoms with E-state index in [0.29, 0.717) is 13.0 Å². The molecule has 5 heteroatoms. The number of rotatable bonds is 6. The highest BCUT2D eigenvalue weighted by Crippen LogP contribution is 1.99. The Morgan fingerprint density at radius 3 is 2.50 bits per heavy atom. The third-order valence-electron chi connectivity index (χ3n) is 1.59. The first-order chi connectivity index (χ1) is 5.22. The van der Waals surface area contributed by atoms with E-state index in [0.717, 1.165) is 12.8 Å². The Kier molecular flexibility index (Phi) is 9.79. The smallest absolute Gasteiger partial charge is 0.320 e. The van der Waals surface area contributed by atoms with Gasteiger partial charge in [-0.05, 0) is 26.4 Å². The minimum atomic E-state index is -0.787. The van der Waals surface area contributed by atoms with Crippen LogP contribution < -0.4 is 11.1 Å². The summed E-state index contributed by atoms with van der Waals surface area (Å²) in [4.78, 5) is 10.4. The van der Waals surface area contributed by atoms with Gasteiger partial charge in [0.25, 0.3) is 0 Å². The zero-order valence-electron chi connectivity index (χ0n) is 7.34. The lowest BCUT2D eigenvalue weighted by molar-refractivity contribution is -0.139. The molecule has 0 saturated heterocycles. The van der Waals surface area contributed by atoms with Gasteiger partial charge in [0.1, 0.15) is 6.04 Å². The summed E-state index contributed by atoms with van der Waals surface area (Å²) in [6.45, 7) is 0.635. The molecule has 0 aromatic rings. The highest BCUT2D eigenvalue weighted by atomic mass is 16.4. The fourth-order valence-electron chi connectivity index (χ4n) is 0.884. The van der Waals surface area contributed by atoms with Crippen LogP contribution in [-0.2, 0) is 4.79 Å². The highest BCUT2D eigenvalue weighted by molar-refractivity contribution is 5.73. The molecule has 0 aliphatic rings. The van der Waals surface area contributed by atoms with Crippen molar-refractivity contribution in [2.45, 2.75) is 25.3 Å². The van der Waals surface area contributed by atoms with E-state index in [1.165, 1.54) is 0 Å². The van der Waals surface area contributed by atoms with Gasteiger partial charge in [0.05, 0.1) is 0 Å². The van der Waals surface area contributed by atoms with Crippen LogP contribution in [0.5, 0.6) is 0 Å². The first kappa shape index (κ1) is 13.9. The molecule has 74 valence electrons. The molecular weight excluding hydrogens is 160 g/mol. The highest BCUT2D eigenvalue weighted by Gasteiger charge is 2.12. The van der Waals surface area contributed by atoms with Crippen LogP contribution in [0.15, 0.2) is 0 Å². The third kappa shape index (κ3) is 6.09. The average Bonchev–Trinajstić information content (AvgIpc) is 1.97. The summed E-state index contributed by atoms with van der Waals surface area (Å²) < 4.78 is 0. The number of hydrogen-bond acceptors (Lipinski definition) is 3. The molecule has 0 radical (unpaired) electrons. The van der Waals surface area contributed by atoms with Crippen molar-refractivity contribution in [1.82, 2.24) is 5.32 Å². The quantitative estimate of drug-likeness (QED) is 0.452. The Bertz CT molecular complexity index is 119. The monoisotopic (exact) mass is 178 g/mol. The molecule has 0 fully saturated rings. The van der Waals surface area contributed by atoms with E-state index < -0.39 is 12.0 Å². The molecule has 0 bridgehead atoms. The number of aliphatic carboxylic acids is 1. The normalized spacial score (nSPS) is 11.8. The van der Waals surface area contributed by atoms with Gasteiger partial charge in [0.15, 0.2) is 0 Å². The maximum atomic E-state index is 10.4. The maximum absolute atomic E-state index is 10.4. The van der Waals surface area contributed by atoms with Gasteiger partial charge >= 0.3 is 5.97 Å². The predicted octanol–water partition coefficient (Wildman–Crippen LogP) is -1.04. The van der Waals surface area contributed by atoms with Gasteiger partial charge in [-0.2, -0.15) is 0 Å². The van der Waals surface area contributed by atoms with Crippen LogP contribution in [0, 0.1) is 0 Å². The van der Waals surface area contributed by atoms with E-state index in [1.807, 2.05) is 0 Å². The maximum Gasteiger partial charge on any atom is 0.320 e. The van der Waals surface area contributed by atoms with Gasteiger partial charge in [-0.15, -0.1) is 0 Å². The van der Waals surface area contributed by atoms with Crippen molar-refractivity contribution in [3.05, 3.63) is 0 Å². The van der Waals surface area contributed by atoms with Crippen LogP contribution in [0.1, 0.15) is 19.3 Å². The lowest BCUT2D eigenvalue weighted by atomic mass is 10.1. The second-order valence-corrected chi connectivity index (χ2v) is 2.46. The standard InChI is InChI=1S/C7H16N2O2.H2O/c1-9-6(7(10)11)4-2-3-5-8;/h6,9H,2-5,8H2,1H3,(H,10,11);1H2. The Hall–Kier alpha value is -0.650. The number of likely N-dealkylation sites (N-methyl/N-ethyl adjacent to an activating group) is 1. The van der Waals surface area contributed by atoms with Crippen LogP contribution >= 0.6 is 0 Å². The molecule has 0 saturated carbocycles. The van der Waals surface area contributed by atoms with Gasteiger partial charge in [0.2, 0.25) is 0 Å². The molecule has 6 N–H and O–H groups in total. The van der Waals surface area contributed by atoms with Crippen molar-refractivity contribution < 1.29 is 15.4 Å². The van der Waals surface area contributed by atoms with Gasteiger partial charge in [-0.25, -0.2) is 0 Å². The van der Waals surface area contributed by atoms with Gasteiger partial charge in [0, 0.05) is 0 Å². The lowest BCUT2D eigenvalue weighted by Gasteiger charge is -2.09. The summed E-state index contributed by atoms with van der Waals surface area (Å²) in [6, 6.07) is -0.415. The van der Waals surface area contributed by atoms with Crippen LogP contribution in [0.25, 0.3) is 0 Å². The fraction of sp³-hybridized carbons (Fsp3) is 0.857. The van der Waals surface area contributed by atoms with Crippen molar-refractivity contribution in [2.75, 3.05) is 13.6 Å². The van der Waals surface area contributed by atoms with Crippen LogP contribution in [0.4, 0.5) is 0 Å². The topological polar surface area (TPSA) is 107 Å². The van der Waals surface area contributed by atoms with Crippen molar-refractivity contribution in [3.8, 4) is 0 Å². The van der Waals surface area contributed by atoms with E-state index in [1.54, 1.807) is 7.05 Å². The molecule has 0 aromatic carbocycles. The summed E-state index contributed by atoms with van der Waals surface area (Å²) in [7, 11) is 1.65. The largest absolute Gasteiger partial charge is 0.480 e. The van der Waals surface area contributed by atoms with Crippen molar-refractivity contribution >= 4 is 5.97 Å². The van der Waals surface area contributed by atoms with E-state index in [4.69, 9.17) is 10.8 Å². The number of hydrogen-bond donors (Lipinski definition) is 3. The number of nitrogens with one attached hydrogen (secondary N) is 1. The van der Waals surface area contributed by atoms with Gasteiger partial charge in [-0.3, -0.25) is 4.79 Å². The number of nitrogens with two attached hydrogens (primary N) is 1. The molecule has 5 nitrogen and oxygen atoms in total. The molecule has 0 spiro atoms. The molecule has 0 heterocycles. The summed E-state index contributed by atoms with van der Waals surface area (Å²) in [5, 5.41) is 11.3. The summed E-state index contributed by atoms with van der Waals surface area (Å²) in [5.74, 6) is -0.787. The molecule has 0 aliphatic carbocycles. The Labute approximate surface area is 72.3 Å². The fourth-order valence-corrected chi connectivity index (χ4v) is 0.884. The summed E-state index contributed by atoms with van der Waals surface area (Å²) in [5.41, 5.74) is 5.26. The minimum absolute atomic E-state index is 0. The average molecular weight is 178 g/mol. The third-order valence-corrected chi connectivity index (χ3v) is 1.59. The minimum Gasteiger partial charge on any atom is -0.480 e. The van der Waals surface area contributed by atoms with Crippen LogP contribution in [0.2, 0.25) is 0 Å². The number of carboxylic acids is 1. The second kappa shape index (κ2) is 8.45. The SMILES string of the molecule is CNC(CCCCN)C(=O)O.O. The van der Waals surface area contributed by atoms with E-state index in [2.05, 4.69) is 5.32 Å². The molecule has 0 amide bonds. The summed E-state index contributed by atoms with van der Waals surface area (Å²) >= 11 is 0. The Morgan fingerprint density at radius 2 is 2.17 bits per heavy atom. The van der Waals surface area contributed by atoms with Crippen LogP contribution in [-0.4, -0.2) is 36.2 Å². The first-order valence-corrected chi connectivity index (χ1v) is 3.82. The van der Waals surface area contributed by atoms with E-state index in [-0.39, 0.29) is 5.48 Å². The number of carbonyl (C=O) groups is 1. The predicted molar refractivity (Wildman–Crippen MR) is 47.0 cm³/mol. The molecule has 12 heavy (non-hydrogen) atoms. The van der Waals surface area contributed by atoms with Gasteiger partial charge in [-0.1, -0.05) is 6.42 Å². The second-order valence-electron chi connectivity index (χ2n) is 2.46. The lowest BCUT2D eigenvalue weighted by Crippen LogP contribution is -2.33. The van der Waals surface area contributed by atoms with Crippen molar-refractivity contribution in [2.24, 2.45) is 5.73 Å². The van der Waals surface area contributed by atoms with E-state index in [9.17, 15) is 4.79 Å². The molecular formula is C7H18N2O3. The molecule has 0 aliphatic heterocycles. The number of unbranched alkanes of at least 4 members (excludes halogenated alkanes) is 1. The van der Waals surface area contributed by atoms with E-state index >= 15 is 0 Å². The van der Waals surface area contributed by atoms with Crippen molar-refractivity contribution in [1.29, 1.82) is 0 Å². The summed E-state index contributed by atoms with van der Waals surface area (Å²) in [6.07, 6.45) is 2.42. The molecule has 0 aromatic heterocycles.